The second-order valence-corrected chi connectivity index (χ2v) is 3.22. The van der Waals surface area contributed by atoms with Crippen molar-refractivity contribution >= 4 is 23.3 Å². The summed E-state index contributed by atoms with van der Waals surface area (Å²) in [6, 6.07) is 0. The second kappa shape index (κ2) is 5.45. The number of hydrogen-bond donors (Lipinski definition) is 0. The zero-order chi connectivity index (χ0) is 11.3. The molecule has 0 aliphatic rings. The molecule has 1 heterocycles. The average molecular weight is 228 g/mol. The topological polar surface area (TPSA) is 65.5 Å². The number of hydrogen-bond acceptors (Lipinski definition) is 6. The molecule has 5 nitrogen and oxygen atoms in total. The van der Waals surface area contributed by atoms with Crippen LogP contribution in [0.4, 0.5) is 0 Å². The van der Waals surface area contributed by atoms with E-state index in [1.54, 1.807) is 13.8 Å². The Morgan fingerprint density at radius 1 is 1.27 bits per heavy atom. The first-order valence-corrected chi connectivity index (χ1v) is 5.23. The van der Waals surface area contributed by atoms with E-state index >= 15 is 0 Å². The molecule has 0 spiro atoms. The smallest absolute Gasteiger partial charge is 0.358 e. The highest BCUT2D eigenvalue weighted by Crippen LogP contribution is 2.15. The lowest BCUT2D eigenvalue weighted by atomic mass is 10.3. The summed E-state index contributed by atoms with van der Waals surface area (Å²) >= 11 is 0.940. The standard InChI is InChI=1S/C9H10NO4S/c1-3-13-8(11)6-7(15-5-10-6)9(12)14-4-2/h3-4H2,1-2H3. The molecule has 0 atom stereocenters. The molecule has 0 N–H and O–H groups in total. The van der Waals surface area contributed by atoms with Gasteiger partial charge in [-0.25, -0.2) is 14.6 Å². The maximum absolute atomic E-state index is 11.4. The molecule has 1 aromatic rings. The third kappa shape index (κ3) is 2.76. The number of aromatic nitrogens is 1. The summed E-state index contributed by atoms with van der Waals surface area (Å²) in [4.78, 5) is 26.5. The van der Waals surface area contributed by atoms with Crippen LogP contribution in [0.2, 0.25) is 0 Å². The Kier molecular flexibility index (Phi) is 4.23. The van der Waals surface area contributed by atoms with Crippen molar-refractivity contribution in [3.05, 3.63) is 16.1 Å². The highest BCUT2D eigenvalue weighted by Gasteiger charge is 2.22. The minimum atomic E-state index is -0.627. The normalized spacial score (nSPS) is 9.73. The Morgan fingerprint density at radius 2 is 1.87 bits per heavy atom. The van der Waals surface area contributed by atoms with Crippen molar-refractivity contribution in [1.82, 2.24) is 4.98 Å². The van der Waals surface area contributed by atoms with Crippen LogP contribution in [-0.4, -0.2) is 30.1 Å². The predicted molar refractivity (Wildman–Crippen MR) is 52.9 cm³/mol. The van der Waals surface area contributed by atoms with Gasteiger partial charge in [0.1, 0.15) is 4.88 Å². The summed E-state index contributed by atoms with van der Waals surface area (Å²) in [5.41, 5.74) is 2.44. The van der Waals surface area contributed by atoms with Gasteiger partial charge in [-0.05, 0) is 13.8 Å². The molecule has 81 valence electrons. The SMILES string of the molecule is CCOC(=O)c1n[c]sc1C(=O)OCC. The van der Waals surface area contributed by atoms with Gasteiger partial charge in [0.15, 0.2) is 11.2 Å². The number of rotatable bonds is 4. The van der Waals surface area contributed by atoms with Gasteiger partial charge in [0.05, 0.1) is 13.2 Å². The van der Waals surface area contributed by atoms with Crippen LogP contribution in [0, 0.1) is 5.51 Å². The molecule has 1 rings (SSSR count). The van der Waals surface area contributed by atoms with Gasteiger partial charge < -0.3 is 9.47 Å². The highest BCUT2D eigenvalue weighted by atomic mass is 32.1. The minimum Gasteiger partial charge on any atom is -0.462 e. The van der Waals surface area contributed by atoms with Crippen LogP contribution in [0.1, 0.15) is 34.0 Å². The zero-order valence-corrected chi connectivity index (χ0v) is 9.22. The summed E-state index contributed by atoms with van der Waals surface area (Å²) in [5.74, 6) is -1.20. The number of ether oxygens (including phenoxy) is 2. The molecule has 0 saturated carbocycles. The molecule has 0 fully saturated rings. The molecule has 0 saturated heterocycles. The first kappa shape index (κ1) is 11.6. The van der Waals surface area contributed by atoms with E-state index in [2.05, 4.69) is 10.5 Å². The Hall–Kier alpha value is -1.43. The molecule has 1 radical (unpaired) electrons. The summed E-state index contributed by atoms with van der Waals surface area (Å²) in [6.45, 7) is 3.85. The fourth-order valence-electron chi connectivity index (χ4n) is 0.886. The van der Waals surface area contributed by atoms with Crippen LogP contribution in [-0.2, 0) is 9.47 Å². The van der Waals surface area contributed by atoms with E-state index in [1.165, 1.54) is 0 Å². The van der Waals surface area contributed by atoms with E-state index in [4.69, 9.17) is 9.47 Å². The molecule has 0 aromatic carbocycles. The van der Waals surface area contributed by atoms with Crippen molar-refractivity contribution < 1.29 is 19.1 Å². The van der Waals surface area contributed by atoms with Gasteiger partial charge in [0, 0.05) is 0 Å². The number of esters is 2. The summed E-state index contributed by atoms with van der Waals surface area (Å²) in [5, 5.41) is 0. The number of carbonyl (C=O) groups is 2. The van der Waals surface area contributed by atoms with Crippen LogP contribution in [0.3, 0.4) is 0 Å². The Labute approximate surface area is 91.0 Å². The van der Waals surface area contributed by atoms with Gasteiger partial charge in [-0.1, -0.05) is 0 Å². The zero-order valence-electron chi connectivity index (χ0n) is 8.40. The Morgan fingerprint density at radius 3 is 2.47 bits per heavy atom. The molecule has 6 heteroatoms. The largest absolute Gasteiger partial charge is 0.462 e. The molecule has 15 heavy (non-hydrogen) atoms. The van der Waals surface area contributed by atoms with E-state index < -0.39 is 11.9 Å². The first-order valence-electron chi connectivity index (χ1n) is 4.41. The van der Waals surface area contributed by atoms with E-state index in [0.29, 0.717) is 0 Å². The Balaban J connectivity index is 2.86. The van der Waals surface area contributed by atoms with Crippen molar-refractivity contribution in [3.8, 4) is 0 Å². The van der Waals surface area contributed by atoms with Crippen LogP contribution >= 0.6 is 11.3 Å². The van der Waals surface area contributed by atoms with Gasteiger partial charge in [-0.15, -0.1) is 11.3 Å². The van der Waals surface area contributed by atoms with Crippen molar-refractivity contribution in [2.75, 3.05) is 13.2 Å². The third-order valence-corrected chi connectivity index (χ3v) is 2.20. The first-order chi connectivity index (χ1) is 7.20. The van der Waals surface area contributed by atoms with Gasteiger partial charge >= 0.3 is 11.9 Å². The quantitative estimate of drug-likeness (QED) is 0.726. The monoisotopic (exact) mass is 228 g/mol. The van der Waals surface area contributed by atoms with Crippen molar-refractivity contribution in [2.24, 2.45) is 0 Å². The number of thiazole rings is 1. The Bertz CT molecular complexity index is 328. The molecule has 0 bridgehead atoms. The lowest BCUT2D eigenvalue weighted by Gasteiger charge is -2.01. The molecular formula is C9H10NO4S. The van der Waals surface area contributed by atoms with Gasteiger partial charge in [0.2, 0.25) is 0 Å². The van der Waals surface area contributed by atoms with E-state index in [-0.39, 0.29) is 23.8 Å². The van der Waals surface area contributed by atoms with Crippen molar-refractivity contribution in [2.45, 2.75) is 13.8 Å². The van der Waals surface area contributed by atoms with Crippen LogP contribution in [0.5, 0.6) is 0 Å². The van der Waals surface area contributed by atoms with Crippen LogP contribution in [0.25, 0.3) is 0 Å². The van der Waals surface area contributed by atoms with E-state index in [9.17, 15) is 9.59 Å². The molecular weight excluding hydrogens is 218 g/mol. The third-order valence-electron chi connectivity index (χ3n) is 1.45. The van der Waals surface area contributed by atoms with Crippen LogP contribution < -0.4 is 0 Å². The number of carbonyl (C=O) groups excluding carboxylic acids is 2. The van der Waals surface area contributed by atoms with Crippen molar-refractivity contribution in [1.29, 1.82) is 0 Å². The maximum atomic E-state index is 11.4. The summed E-state index contributed by atoms with van der Waals surface area (Å²) in [6.07, 6.45) is 0. The minimum absolute atomic E-state index is 0.0275. The predicted octanol–water partition coefficient (Wildman–Crippen LogP) is 1.30. The van der Waals surface area contributed by atoms with Gasteiger partial charge in [-0.2, -0.15) is 0 Å². The molecule has 0 unspecified atom stereocenters. The fraction of sp³-hybridized carbons (Fsp3) is 0.444. The van der Waals surface area contributed by atoms with E-state index in [1.807, 2.05) is 0 Å². The second-order valence-electron chi connectivity index (χ2n) is 2.42. The van der Waals surface area contributed by atoms with Crippen molar-refractivity contribution in [3.63, 3.8) is 0 Å². The molecule has 0 amide bonds. The highest BCUT2D eigenvalue weighted by molar-refractivity contribution is 7.11. The number of nitrogens with zero attached hydrogens (tertiary/aromatic N) is 1. The summed E-state index contributed by atoms with van der Waals surface area (Å²) < 4.78 is 9.49. The van der Waals surface area contributed by atoms with E-state index in [0.717, 1.165) is 11.3 Å². The molecule has 0 aliphatic heterocycles. The lowest BCUT2D eigenvalue weighted by molar-refractivity contribution is 0.0479. The average Bonchev–Trinajstić information content (AvgIpc) is 2.66. The fourth-order valence-corrected chi connectivity index (χ4v) is 1.48. The lowest BCUT2D eigenvalue weighted by Crippen LogP contribution is -2.12. The maximum Gasteiger partial charge on any atom is 0.358 e. The van der Waals surface area contributed by atoms with Gasteiger partial charge in [0.25, 0.3) is 0 Å². The van der Waals surface area contributed by atoms with Gasteiger partial charge in [-0.3, -0.25) is 0 Å². The summed E-state index contributed by atoms with van der Waals surface area (Å²) in [7, 11) is 0. The molecule has 0 aliphatic carbocycles. The van der Waals surface area contributed by atoms with Crippen LogP contribution in [0.15, 0.2) is 0 Å². The molecule has 1 aromatic heterocycles.